The number of carbonyl (C=O) groups excluding carboxylic acids is 1. The summed E-state index contributed by atoms with van der Waals surface area (Å²) in [5, 5.41) is 8.99. The van der Waals surface area contributed by atoms with Crippen LogP contribution in [0.3, 0.4) is 0 Å². The maximum absolute atomic E-state index is 12.0. The van der Waals surface area contributed by atoms with E-state index in [4.69, 9.17) is 0 Å². The lowest BCUT2D eigenvalue weighted by atomic mass is 10.3. The van der Waals surface area contributed by atoms with Crippen LogP contribution in [0.4, 0.5) is 5.82 Å². The van der Waals surface area contributed by atoms with Gasteiger partial charge < -0.3 is 5.32 Å². The van der Waals surface area contributed by atoms with E-state index in [-0.39, 0.29) is 11.9 Å². The standard InChI is InChI=1S/C12H15N3OS/c1-8(2)15-10(4-6-13-15)14-12(16)11-9(3)5-7-17-11/h4-8H,1-3H3,(H,14,16). The summed E-state index contributed by atoms with van der Waals surface area (Å²) in [7, 11) is 0. The van der Waals surface area contributed by atoms with Gasteiger partial charge >= 0.3 is 0 Å². The first-order valence-corrected chi connectivity index (χ1v) is 6.36. The molecule has 4 nitrogen and oxygen atoms in total. The Morgan fingerprint density at radius 2 is 2.24 bits per heavy atom. The fourth-order valence-electron chi connectivity index (χ4n) is 1.60. The van der Waals surface area contributed by atoms with Gasteiger partial charge in [0.2, 0.25) is 0 Å². The van der Waals surface area contributed by atoms with E-state index in [1.54, 1.807) is 16.9 Å². The van der Waals surface area contributed by atoms with Crippen LogP contribution in [0.15, 0.2) is 23.7 Å². The molecule has 0 unspecified atom stereocenters. The first-order chi connectivity index (χ1) is 8.09. The van der Waals surface area contributed by atoms with Gasteiger partial charge in [-0.25, -0.2) is 4.68 Å². The van der Waals surface area contributed by atoms with E-state index in [2.05, 4.69) is 10.4 Å². The van der Waals surface area contributed by atoms with Crippen LogP contribution in [0.5, 0.6) is 0 Å². The van der Waals surface area contributed by atoms with Crippen molar-refractivity contribution >= 4 is 23.1 Å². The second kappa shape index (κ2) is 4.71. The van der Waals surface area contributed by atoms with Crippen LogP contribution in [-0.2, 0) is 0 Å². The van der Waals surface area contributed by atoms with Crippen molar-refractivity contribution in [1.82, 2.24) is 9.78 Å². The van der Waals surface area contributed by atoms with Crippen molar-refractivity contribution in [2.45, 2.75) is 26.8 Å². The SMILES string of the molecule is Cc1ccsc1C(=O)Nc1ccnn1C(C)C. The normalized spacial score (nSPS) is 10.8. The van der Waals surface area contributed by atoms with Gasteiger partial charge in [-0.15, -0.1) is 11.3 Å². The van der Waals surface area contributed by atoms with Gasteiger partial charge in [0, 0.05) is 12.1 Å². The third kappa shape index (κ3) is 2.39. The smallest absolute Gasteiger partial charge is 0.267 e. The average molecular weight is 249 g/mol. The Labute approximate surface area is 104 Å². The Hall–Kier alpha value is -1.62. The van der Waals surface area contributed by atoms with Gasteiger partial charge in [0.25, 0.3) is 5.91 Å². The lowest BCUT2D eigenvalue weighted by Gasteiger charge is -2.11. The van der Waals surface area contributed by atoms with Crippen molar-refractivity contribution in [2.75, 3.05) is 5.32 Å². The minimum atomic E-state index is -0.0695. The van der Waals surface area contributed by atoms with Gasteiger partial charge in [-0.2, -0.15) is 5.10 Å². The molecule has 1 N–H and O–H groups in total. The lowest BCUT2D eigenvalue weighted by molar-refractivity contribution is 0.102. The molecule has 0 radical (unpaired) electrons. The highest BCUT2D eigenvalue weighted by Crippen LogP contribution is 2.19. The Balaban J connectivity index is 2.19. The van der Waals surface area contributed by atoms with Crippen molar-refractivity contribution in [3.05, 3.63) is 34.2 Å². The number of amides is 1. The van der Waals surface area contributed by atoms with Gasteiger partial charge in [-0.3, -0.25) is 4.79 Å². The van der Waals surface area contributed by atoms with E-state index in [1.165, 1.54) is 11.3 Å². The topological polar surface area (TPSA) is 46.9 Å². The maximum atomic E-state index is 12.0. The largest absolute Gasteiger partial charge is 0.306 e. The number of carbonyl (C=O) groups is 1. The predicted octanol–water partition coefficient (Wildman–Crippen LogP) is 3.09. The molecule has 2 aromatic rings. The van der Waals surface area contributed by atoms with Crippen LogP contribution < -0.4 is 5.32 Å². The molecule has 0 aromatic carbocycles. The molecule has 1 amide bonds. The van der Waals surface area contributed by atoms with E-state index in [1.807, 2.05) is 32.2 Å². The number of anilines is 1. The predicted molar refractivity (Wildman–Crippen MR) is 69.6 cm³/mol. The molecule has 0 aliphatic heterocycles. The highest BCUT2D eigenvalue weighted by atomic mass is 32.1. The van der Waals surface area contributed by atoms with Crippen LogP contribution in [-0.4, -0.2) is 15.7 Å². The number of nitrogens with zero attached hydrogens (tertiary/aromatic N) is 2. The Bertz CT molecular complexity index is 527. The van der Waals surface area contributed by atoms with Crippen molar-refractivity contribution in [2.24, 2.45) is 0 Å². The Morgan fingerprint density at radius 3 is 2.82 bits per heavy atom. The monoisotopic (exact) mass is 249 g/mol. The second-order valence-corrected chi connectivity index (χ2v) is 5.06. The van der Waals surface area contributed by atoms with E-state index >= 15 is 0 Å². The number of rotatable bonds is 3. The molecule has 0 aliphatic rings. The third-order valence-electron chi connectivity index (χ3n) is 2.47. The highest BCUT2D eigenvalue weighted by Gasteiger charge is 2.13. The summed E-state index contributed by atoms with van der Waals surface area (Å²) in [6.45, 7) is 5.99. The van der Waals surface area contributed by atoms with Gasteiger partial charge in [-0.1, -0.05) is 0 Å². The summed E-state index contributed by atoms with van der Waals surface area (Å²) in [6.07, 6.45) is 1.69. The van der Waals surface area contributed by atoms with Crippen LogP contribution in [0, 0.1) is 6.92 Å². The summed E-state index contributed by atoms with van der Waals surface area (Å²) in [4.78, 5) is 12.8. The molecule has 17 heavy (non-hydrogen) atoms. The highest BCUT2D eigenvalue weighted by molar-refractivity contribution is 7.12. The number of hydrogen-bond donors (Lipinski definition) is 1. The van der Waals surface area contributed by atoms with E-state index in [0.29, 0.717) is 0 Å². The van der Waals surface area contributed by atoms with Crippen LogP contribution in [0.2, 0.25) is 0 Å². The average Bonchev–Trinajstić information content (AvgIpc) is 2.86. The number of nitrogens with one attached hydrogen (secondary N) is 1. The molecule has 0 atom stereocenters. The summed E-state index contributed by atoms with van der Waals surface area (Å²) >= 11 is 1.45. The van der Waals surface area contributed by atoms with E-state index < -0.39 is 0 Å². The van der Waals surface area contributed by atoms with E-state index in [9.17, 15) is 4.79 Å². The minimum Gasteiger partial charge on any atom is -0.306 e. The van der Waals surface area contributed by atoms with E-state index in [0.717, 1.165) is 16.3 Å². The summed E-state index contributed by atoms with van der Waals surface area (Å²) in [5.74, 6) is 0.665. The second-order valence-electron chi connectivity index (χ2n) is 4.14. The number of aryl methyl sites for hydroxylation is 1. The summed E-state index contributed by atoms with van der Waals surface area (Å²) in [5.41, 5.74) is 1.00. The van der Waals surface area contributed by atoms with Crippen molar-refractivity contribution in [3.63, 3.8) is 0 Å². The molecule has 2 rings (SSSR count). The minimum absolute atomic E-state index is 0.0695. The zero-order valence-electron chi connectivity index (χ0n) is 10.1. The first kappa shape index (κ1) is 11.9. The van der Waals surface area contributed by atoms with Crippen molar-refractivity contribution in [3.8, 4) is 0 Å². The molecule has 0 fully saturated rings. The van der Waals surface area contributed by atoms with Crippen LogP contribution in [0.25, 0.3) is 0 Å². The van der Waals surface area contributed by atoms with Gasteiger partial charge in [-0.05, 0) is 37.8 Å². The van der Waals surface area contributed by atoms with Gasteiger partial charge in [0.15, 0.2) is 0 Å². The van der Waals surface area contributed by atoms with Crippen molar-refractivity contribution in [1.29, 1.82) is 0 Å². The summed E-state index contributed by atoms with van der Waals surface area (Å²) in [6, 6.07) is 3.98. The molecule has 0 bridgehead atoms. The molecule has 0 aliphatic carbocycles. The third-order valence-corrected chi connectivity index (χ3v) is 3.48. The first-order valence-electron chi connectivity index (χ1n) is 5.48. The van der Waals surface area contributed by atoms with Crippen molar-refractivity contribution < 1.29 is 4.79 Å². The molecule has 0 saturated carbocycles. The molecule has 90 valence electrons. The number of thiophene rings is 1. The molecular formula is C12H15N3OS. The molecule has 0 spiro atoms. The molecule has 2 heterocycles. The fraction of sp³-hybridized carbons (Fsp3) is 0.333. The molecule has 2 aromatic heterocycles. The summed E-state index contributed by atoms with van der Waals surface area (Å²) < 4.78 is 1.79. The zero-order valence-corrected chi connectivity index (χ0v) is 10.9. The van der Waals surface area contributed by atoms with Crippen LogP contribution >= 0.6 is 11.3 Å². The van der Waals surface area contributed by atoms with Crippen LogP contribution in [0.1, 0.15) is 35.1 Å². The quantitative estimate of drug-likeness (QED) is 0.908. The molecule has 0 saturated heterocycles. The zero-order chi connectivity index (χ0) is 12.4. The Morgan fingerprint density at radius 1 is 1.47 bits per heavy atom. The number of aromatic nitrogens is 2. The van der Waals surface area contributed by atoms with Gasteiger partial charge in [0.05, 0.1) is 11.1 Å². The Kier molecular flexibility index (Phi) is 3.28. The molecule has 5 heteroatoms. The fourth-order valence-corrected chi connectivity index (χ4v) is 2.42. The maximum Gasteiger partial charge on any atom is 0.267 e. The molecular weight excluding hydrogens is 234 g/mol. The number of hydrogen-bond acceptors (Lipinski definition) is 3. The lowest BCUT2D eigenvalue weighted by Crippen LogP contribution is -2.16. The van der Waals surface area contributed by atoms with Gasteiger partial charge in [0.1, 0.15) is 5.82 Å².